The van der Waals surface area contributed by atoms with Crippen molar-refractivity contribution in [3.8, 4) is 0 Å². The van der Waals surface area contributed by atoms with Gasteiger partial charge in [0.25, 0.3) is 11.6 Å². The predicted molar refractivity (Wildman–Crippen MR) is 99.5 cm³/mol. The lowest BCUT2D eigenvalue weighted by molar-refractivity contribution is -0.383. The highest BCUT2D eigenvalue weighted by Gasteiger charge is 2.34. The Kier molecular flexibility index (Phi) is 4.81. The maximum Gasteiger partial charge on any atom is 0.339 e. The number of fused-ring (bicyclic) bond motifs is 1. The summed E-state index contributed by atoms with van der Waals surface area (Å²) in [5, 5.41) is 11.0. The van der Waals surface area contributed by atoms with Crippen LogP contribution in [0.1, 0.15) is 29.8 Å². The molecule has 2 aromatic rings. The number of esters is 1. The van der Waals surface area contributed by atoms with Crippen molar-refractivity contribution in [3.05, 3.63) is 63.7 Å². The van der Waals surface area contributed by atoms with Crippen LogP contribution in [0.3, 0.4) is 0 Å². The molecule has 1 heterocycles. The standard InChI is InChI=1S/C19H19N3O5/c1-11-9-13-5-3-4-6-16(13)21(11)18(23)12(2)27-19(24)14-7-8-15(20)17(10-14)22(25)26/h3-8,10-12H,9,20H2,1-2H3/t11-,12-/m1/s1. The molecule has 1 amide bonds. The number of amides is 1. The molecule has 3 rings (SSSR count). The molecule has 0 saturated heterocycles. The summed E-state index contributed by atoms with van der Waals surface area (Å²) in [4.78, 5) is 37.1. The third-order valence-corrected chi connectivity index (χ3v) is 4.54. The van der Waals surface area contributed by atoms with Crippen molar-refractivity contribution >= 4 is 28.9 Å². The normalized spacial score (nSPS) is 16.5. The van der Waals surface area contributed by atoms with E-state index in [2.05, 4.69) is 0 Å². The zero-order valence-corrected chi connectivity index (χ0v) is 14.9. The number of nitro groups is 1. The Bertz CT molecular complexity index is 927. The average Bonchev–Trinajstić information content (AvgIpc) is 2.96. The quantitative estimate of drug-likeness (QED) is 0.383. The number of carbonyl (C=O) groups excluding carboxylic acids is 2. The maximum atomic E-state index is 12.8. The van der Waals surface area contributed by atoms with Crippen LogP contribution >= 0.6 is 0 Å². The van der Waals surface area contributed by atoms with Gasteiger partial charge < -0.3 is 15.4 Å². The van der Waals surface area contributed by atoms with E-state index in [0.717, 1.165) is 23.7 Å². The predicted octanol–water partition coefficient (Wildman–Crippen LogP) is 2.70. The van der Waals surface area contributed by atoms with Crippen LogP contribution in [0.15, 0.2) is 42.5 Å². The number of rotatable bonds is 4. The Labute approximate surface area is 155 Å². The van der Waals surface area contributed by atoms with Crippen molar-refractivity contribution in [1.29, 1.82) is 0 Å². The van der Waals surface area contributed by atoms with Gasteiger partial charge in [-0.2, -0.15) is 0 Å². The summed E-state index contributed by atoms with van der Waals surface area (Å²) in [7, 11) is 0. The highest BCUT2D eigenvalue weighted by atomic mass is 16.6. The van der Waals surface area contributed by atoms with Gasteiger partial charge >= 0.3 is 5.97 Å². The lowest BCUT2D eigenvalue weighted by atomic mass is 10.1. The lowest BCUT2D eigenvalue weighted by Crippen LogP contribution is -2.43. The number of para-hydroxylation sites is 1. The van der Waals surface area contributed by atoms with Gasteiger partial charge in [-0.25, -0.2) is 4.79 Å². The Morgan fingerprint density at radius 3 is 2.70 bits per heavy atom. The van der Waals surface area contributed by atoms with Gasteiger partial charge in [0, 0.05) is 17.8 Å². The van der Waals surface area contributed by atoms with Gasteiger partial charge in [0.1, 0.15) is 5.69 Å². The first-order valence-electron chi connectivity index (χ1n) is 8.45. The van der Waals surface area contributed by atoms with Crippen LogP contribution in [0.5, 0.6) is 0 Å². The fourth-order valence-electron chi connectivity index (χ4n) is 3.20. The number of anilines is 2. The van der Waals surface area contributed by atoms with E-state index < -0.39 is 17.0 Å². The minimum absolute atomic E-state index is 0.0366. The summed E-state index contributed by atoms with van der Waals surface area (Å²) in [5.74, 6) is -1.16. The zero-order chi connectivity index (χ0) is 19.7. The molecule has 1 aliphatic heterocycles. The second-order valence-corrected chi connectivity index (χ2v) is 6.47. The summed E-state index contributed by atoms with van der Waals surface area (Å²) in [6.45, 7) is 3.41. The third-order valence-electron chi connectivity index (χ3n) is 4.54. The van der Waals surface area contributed by atoms with Gasteiger partial charge in [-0.3, -0.25) is 14.9 Å². The summed E-state index contributed by atoms with van der Waals surface area (Å²) < 4.78 is 5.26. The molecule has 0 bridgehead atoms. The summed E-state index contributed by atoms with van der Waals surface area (Å²) in [6.07, 6.45) is -0.310. The molecule has 0 spiro atoms. The molecular weight excluding hydrogens is 350 g/mol. The number of benzene rings is 2. The summed E-state index contributed by atoms with van der Waals surface area (Å²) in [5.41, 5.74) is 6.92. The van der Waals surface area contributed by atoms with E-state index >= 15 is 0 Å². The van der Waals surface area contributed by atoms with E-state index in [-0.39, 0.29) is 28.9 Å². The molecule has 0 saturated carbocycles. The fourth-order valence-corrected chi connectivity index (χ4v) is 3.20. The smallest absolute Gasteiger partial charge is 0.339 e. The summed E-state index contributed by atoms with van der Waals surface area (Å²) >= 11 is 0. The first-order chi connectivity index (χ1) is 12.8. The van der Waals surface area contributed by atoms with Crippen molar-refractivity contribution < 1.29 is 19.2 Å². The van der Waals surface area contributed by atoms with Crippen LogP contribution in [0.25, 0.3) is 0 Å². The average molecular weight is 369 g/mol. The first-order valence-corrected chi connectivity index (χ1v) is 8.45. The zero-order valence-electron chi connectivity index (χ0n) is 14.9. The highest BCUT2D eigenvalue weighted by Crippen LogP contribution is 2.32. The number of nitrogens with two attached hydrogens (primary N) is 1. The molecule has 8 heteroatoms. The Morgan fingerprint density at radius 2 is 2.00 bits per heavy atom. The van der Waals surface area contributed by atoms with E-state index in [1.807, 2.05) is 31.2 Å². The number of ether oxygens (including phenoxy) is 1. The third kappa shape index (κ3) is 3.46. The van der Waals surface area contributed by atoms with Crippen LogP contribution in [0.4, 0.5) is 17.1 Å². The number of hydrogen-bond acceptors (Lipinski definition) is 6. The number of hydrogen-bond donors (Lipinski definition) is 1. The van der Waals surface area contributed by atoms with Crippen molar-refractivity contribution in [3.63, 3.8) is 0 Å². The van der Waals surface area contributed by atoms with E-state index in [9.17, 15) is 19.7 Å². The summed E-state index contributed by atoms with van der Waals surface area (Å²) in [6, 6.07) is 11.2. The monoisotopic (exact) mass is 369 g/mol. The first kappa shape index (κ1) is 18.4. The Hall–Kier alpha value is -3.42. The van der Waals surface area contributed by atoms with Gasteiger partial charge in [0.15, 0.2) is 6.10 Å². The molecule has 0 fully saturated rings. The maximum absolute atomic E-state index is 12.8. The van der Waals surface area contributed by atoms with Crippen LogP contribution in [-0.2, 0) is 16.0 Å². The van der Waals surface area contributed by atoms with Gasteiger partial charge in [-0.05, 0) is 44.0 Å². The van der Waals surface area contributed by atoms with Gasteiger partial charge in [-0.1, -0.05) is 18.2 Å². The molecule has 0 unspecified atom stereocenters. The number of nitrogen functional groups attached to an aromatic ring is 1. The molecule has 2 atom stereocenters. The van der Waals surface area contributed by atoms with Crippen LogP contribution in [0, 0.1) is 10.1 Å². The van der Waals surface area contributed by atoms with Crippen LogP contribution in [0.2, 0.25) is 0 Å². The largest absolute Gasteiger partial charge is 0.449 e. The number of nitro benzene ring substituents is 1. The van der Waals surface area contributed by atoms with Crippen molar-refractivity contribution in [2.24, 2.45) is 0 Å². The molecule has 1 aliphatic rings. The molecule has 0 aromatic heterocycles. The van der Waals surface area contributed by atoms with E-state index in [4.69, 9.17) is 10.5 Å². The minimum atomic E-state index is -1.04. The number of carbonyl (C=O) groups is 2. The van der Waals surface area contributed by atoms with Gasteiger partial charge in [0.05, 0.1) is 10.5 Å². The second-order valence-electron chi connectivity index (χ2n) is 6.47. The molecule has 0 radical (unpaired) electrons. The topological polar surface area (TPSA) is 116 Å². The molecule has 0 aliphatic carbocycles. The fraction of sp³-hybridized carbons (Fsp3) is 0.263. The Balaban J connectivity index is 1.76. The lowest BCUT2D eigenvalue weighted by Gasteiger charge is -2.25. The Morgan fingerprint density at radius 1 is 1.30 bits per heavy atom. The van der Waals surface area contributed by atoms with Crippen molar-refractivity contribution in [2.75, 3.05) is 10.6 Å². The molecular formula is C19H19N3O5. The van der Waals surface area contributed by atoms with E-state index in [1.165, 1.54) is 19.1 Å². The minimum Gasteiger partial charge on any atom is -0.449 e. The van der Waals surface area contributed by atoms with Gasteiger partial charge in [0.2, 0.25) is 0 Å². The molecule has 27 heavy (non-hydrogen) atoms. The molecule has 2 N–H and O–H groups in total. The highest BCUT2D eigenvalue weighted by molar-refractivity contribution is 6.01. The van der Waals surface area contributed by atoms with Crippen LogP contribution in [-0.4, -0.2) is 28.9 Å². The second kappa shape index (κ2) is 7.06. The van der Waals surface area contributed by atoms with Crippen molar-refractivity contribution in [2.45, 2.75) is 32.4 Å². The van der Waals surface area contributed by atoms with Crippen molar-refractivity contribution in [1.82, 2.24) is 0 Å². The van der Waals surface area contributed by atoms with Crippen LogP contribution < -0.4 is 10.6 Å². The van der Waals surface area contributed by atoms with Gasteiger partial charge in [-0.15, -0.1) is 0 Å². The molecule has 8 nitrogen and oxygen atoms in total. The van der Waals surface area contributed by atoms with E-state index in [0.29, 0.717) is 0 Å². The number of nitrogens with zero attached hydrogens (tertiary/aromatic N) is 2. The SMILES string of the molecule is C[C@@H]1Cc2ccccc2N1C(=O)[C@@H](C)OC(=O)c1ccc(N)c([N+](=O)[O-])c1. The van der Waals surface area contributed by atoms with E-state index in [1.54, 1.807) is 4.90 Å². The molecule has 2 aromatic carbocycles. The molecule has 140 valence electrons.